The highest BCUT2D eigenvalue weighted by Gasteiger charge is 2.42. The number of amides is 9. The molecule has 0 aromatic heterocycles. The summed E-state index contributed by atoms with van der Waals surface area (Å²) in [5, 5.41) is 29.3. The molecular formula is C66H88N10O11. The van der Waals surface area contributed by atoms with Crippen LogP contribution in [0.5, 0.6) is 0 Å². The third-order valence-corrected chi connectivity index (χ3v) is 15.4. The largest absolute Gasteiger partial charge is 0.478 e. The molecule has 9 amide bonds. The number of carbonyl (C=O) groups is 9. The first-order valence-electron chi connectivity index (χ1n) is 29.4. The number of aliphatic carboxylic acids is 1. The standard InChI is InChI=1S/C66H88N10O11/c1-40(2)52(35-42(5)62(83)84)75(12)61(82)57(65(6,7)8)74-60(81)56(68-11)66(9,10)48-23-17-19-44(36-48)37-70-64(86)87-39-43-26-30-49(31-27-43)71-58(79)50(24-18-34-69-63(67)85)72-59(80)55(41(3)4)73-53(77)32-33-54(78)76-38-47-22-14-13-20-45(47)28-29-46-21-15-16-25-51(46)76/h13-17,19-23,25-31,35-36,40-41,50,52,55-57,68H,18,24,32-34,37-39H2,1-12H3,(H,70,86)(H,71,79)(H,72,80)(H,73,77)(H,74,81)(H,83,84)(H3,67,69,85)/b29-28-,42-35+/t50?,52-,55+,56?,57-/m1/s1. The number of rotatable bonds is 27. The molecule has 21 nitrogen and oxygen atoms in total. The van der Waals surface area contributed by atoms with Crippen LogP contribution >= 0.6 is 0 Å². The number of hydrogen-bond donors (Lipinski definition) is 9. The summed E-state index contributed by atoms with van der Waals surface area (Å²) in [6.07, 6.45) is 4.87. The number of primary amides is 1. The summed E-state index contributed by atoms with van der Waals surface area (Å²) < 4.78 is 5.53. The zero-order valence-electron chi connectivity index (χ0n) is 52.2. The minimum Gasteiger partial charge on any atom is -0.478 e. The monoisotopic (exact) mass is 1200 g/mol. The van der Waals surface area contributed by atoms with Gasteiger partial charge in [0.15, 0.2) is 0 Å². The van der Waals surface area contributed by atoms with Gasteiger partial charge < -0.3 is 62.6 Å². The van der Waals surface area contributed by atoms with Crippen LogP contribution in [0.3, 0.4) is 0 Å². The Morgan fingerprint density at radius 1 is 0.736 bits per heavy atom. The number of nitrogens with zero attached hydrogens (tertiary/aromatic N) is 2. The Labute approximate surface area is 511 Å². The summed E-state index contributed by atoms with van der Waals surface area (Å²) >= 11 is 0. The molecule has 10 N–H and O–H groups in total. The minimum absolute atomic E-state index is 0.0919. The van der Waals surface area contributed by atoms with Crippen molar-refractivity contribution in [1.82, 2.24) is 36.8 Å². The van der Waals surface area contributed by atoms with E-state index >= 15 is 0 Å². The number of para-hydroxylation sites is 1. The van der Waals surface area contributed by atoms with E-state index < -0.39 is 88.7 Å². The van der Waals surface area contributed by atoms with E-state index in [-0.39, 0.29) is 68.7 Å². The zero-order valence-corrected chi connectivity index (χ0v) is 52.2. The van der Waals surface area contributed by atoms with Crippen molar-refractivity contribution in [2.75, 3.05) is 30.9 Å². The summed E-state index contributed by atoms with van der Waals surface area (Å²) in [6.45, 7) is 18.5. The van der Waals surface area contributed by atoms with Crippen LogP contribution in [0.2, 0.25) is 0 Å². The molecule has 87 heavy (non-hydrogen) atoms. The quantitative estimate of drug-likeness (QED) is 0.0207. The molecule has 0 saturated carbocycles. The molecule has 0 aliphatic carbocycles. The van der Waals surface area contributed by atoms with E-state index in [9.17, 15) is 48.3 Å². The van der Waals surface area contributed by atoms with Crippen molar-refractivity contribution in [3.8, 4) is 0 Å². The molecule has 2 unspecified atom stereocenters. The highest BCUT2D eigenvalue weighted by Crippen LogP contribution is 2.32. The maximum atomic E-state index is 14.2. The predicted octanol–water partition coefficient (Wildman–Crippen LogP) is 7.53. The average molecular weight is 1200 g/mol. The molecule has 0 spiro atoms. The van der Waals surface area contributed by atoms with Gasteiger partial charge in [-0.15, -0.1) is 0 Å². The number of benzene rings is 4. The van der Waals surface area contributed by atoms with Gasteiger partial charge in [0.2, 0.25) is 35.4 Å². The fourth-order valence-electron chi connectivity index (χ4n) is 10.2. The predicted molar refractivity (Wildman–Crippen MR) is 336 cm³/mol. The normalized spacial score (nSPS) is 14.5. The molecule has 0 bridgehead atoms. The second kappa shape index (κ2) is 31.5. The number of urea groups is 1. The summed E-state index contributed by atoms with van der Waals surface area (Å²) in [6, 6.07) is 24.0. The fourth-order valence-corrected chi connectivity index (χ4v) is 10.2. The van der Waals surface area contributed by atoms with Crippen molar-refractivity contribution >= 4 is 77.1 Å². The Morgan fingerprint density at radius 2 is 1.39 bits per heavy atom. The Morgan fingerprint density at radius 3 is 2.02 bits per heavy atom. The number of carboxylic acid groups (broad SMARTS) is 1. The summed E-state index contributed by atoms with van der Waals surface area (Å²) in [5.74, 6) is -4.37. The number of carboxylic acids is 1. The number of nitrogens with two attached hydrogens (primary N) is 1. The Hall–Kier alpha value is -8.85. The van der Waals surface area contributed by atoms with Gasteiger partial charge in [-0.3, -0.25) is 28.8 Å². The zero-order chi connectivity index (χ0) is 64.3. The number of anilines is 2. The third-order valence-electron chi connectivity index (χ3n) is 15.4. The van der Waals surface area contributed by atoms with E-state index in [4.69, 9.17) is 10.5 Å². The number of likely N-dealkylation sites (N-methyl/N-ethyl adjacent to an activating group) is 2. The number of hydrogen-bond acceptors (Lipinski definition) is 11. The van der Waals surface area contributed by atoms with Crippen molar-refractivity contribution < 1.29 is 53.0 Å². The van der Waals surface area contributed by atoms with Gasteiger partial charge in [0.05, 0.1) is 24.3 Å². The van der Waals surface area contributed by atoms with Gasteiger partial charge in [-0.1, -0.05) is 159 Å². The topological polar surface area (TPSA) is 300 Å². The van der Waals surface area contributed by atoms with Crippen LogP contribution in [0, 0.1) is 17.3 Å². The van der Waals surface area contributed by atoms with Crippen molar-refractivity contribution in [2.24, 2.45) is 23.0 Å². The Balaban J connectivity index is 1.16. The highest BCUT2D eigenvalue weighted by atomic mass is 16.5. The van der Waals surface area contributed by atoms with Crippen LogP contribution < -0.4 is 47.9 Å². The maximum absolute atomic E-state index is 14.2. The lowest BCUT2D eigenvalue weighted by Gasteiger charge is -2.40. The Bertz CT molecular complexity index is 3170. The van der Waals surface area contributed by atoms with Gasteiger partial charge in [0.25, 0.3) is 0 Å². The van der Waals surface area contributed by atoms with Gasteiger partial charge in [-0.05, 0) is 95.6 Å². The smallest absolute Gasteiger partial charge is 0.407 e. The molecule has 4 aromatic carbocycles. The molecule has 21 heteroatoms. The van der Waals surface area contributed by atoms with Gasteiger partial charge in [0, 0.05) is 49.7 Å². The molecule has 1 aliphatic rings. The van der Waals surface area contributed by atoms with Gasteiger partial charge in [0.1, 0.15) is 24.7 Å². The van der Waals surface area contributed by atoms with Crippen LogP contribution in [0.25, 0.3) is 12.2 Å². The number of fused-ring (bicyclic) bond motifs is 2. The molecule has 468 valence electrons. The van der Waals surface area contributed by atoms with Crippen molar-refractivity contribution in [3.63, 3.8) is 0 Å². The van der Waals surface area contributed by atoms with Crippen molar-refractivity contribution in [3.05, 3.63) is 142 Å². The fraction of sp³-hybridized carbons (Fsp3) is 0.439. The van der Waals surface area contributed by atoms with Crippen LogP contribution in [0.15, 0.2) is 109 Å². The number of alkyl carbamates (subject to hydrolysis) is 1. The average Bonchev–Trinajstić information content (AvgIpc) is 1.57. The van der Waals surface area contributed by atoms with E-state index in [0.29, 0.717) is 23.5 Å². The van der Waals surface area contributed by atoms with Crippen molar-refractivity contribution in [1.29, 1.82) is 0 Å². The lowest BCUT2D eigenvalue weighted by atomic mass is 9.76. The van der Waals surface area contributed by atoms with Crippen LogP contribution in [0.4, 0.5) is 21.0 Å². The molecule has 4 aromatic rings. The van der Waals surface area contributed by atoms with E-state index in [2.05, 4.69) is 37.2 Å². The molecule has 0 radical (unpaired) electrons. The molecule has 5 atom stereocenters. The van der Waals surface area contributed by atoms with Crippen LogP contribution in [-0.4, -0.2) is 114 Å². The maximum Gasteiger partial charge on any atom is 0.407 e. The number of ether oxygens (including phenoxy) is 1. The van der Waals surface area contributed by atoms with E-state index in [1.165, 1.54) is 11.8 Å². The summed E-state index contributed by atoms with van der Waals surface area (Å²) in [7, 11) is 3.28. The van der Waals surface area contributed by atoms with E-state index in [1.807, 2.05) is 133 Å². The van der Waals surface area contributed by atoms with Gasteiger partial charge in [-0.2, -0.15) is 0 Å². The molecular weight excluding hydrogens is 1110 g/mol. The van der Waals surface area contributed by atoms with E-state index in [0.717, 1.165) is 27.8 Å². The molecule has 5 rings (SSSR count). The minimum atomic E-state index is -1.11. The van der Waals surface area contributed by atoms with E-state index in [1.54, 1.807) is 63.2 Å². The Kier molecular flexibility index (Phi) is 25.0. The van der Waals surface area contributed by atoms with Gasteiger partial charge in [-0.25, -0.2) is 14.4 Å². The third kappa shape index (κ3) is 19.9. The lowest BCUT2D eigenvalue weighted by Crippen LogP contribution is -2.61. The first-order valence-corrected chi connectivity index (χ1v) is 29.4. The number of carbonyl (C=O) groups excluding carboxylic acids is 8. The number of nitrogens with one attached hydrogen (secondary N) is 7. The molecule has 0 fully saturated rings. The van der Waals surface area contributed by atoms with Gasteiger partial charge >= 0.3 is 18.1 Å². The highest BCUT2D eigenvalue weighted by molar-refractivity contribution is 6.00. The summed E-state index contributed by atoms with van der Waals surface area (Å²) in [5.41, 5.74) is 9.80. The second-order valence-corrected chi connectivity index (χ2v) is 24.3. The first kappa shape index (κ1) is 68.9. The molecule has 1 heterocycles. The SMILES string of the molecule is CNC(C(=O)N[C@H](C(=O)N(C)[C@H](/C=C(\C)C(=O)O)C(C)C)C(C)(C)C)C(C)(C)c1cccc(CNC(=O)OCc2ccc(NC(=O)C(CCCNC(N)=O)NC(=O)[C@@H](NC(=O)CCC(=O)N3Cc4ccccc4/C=C\c4ccccc43)C(C)C)cc2)c1. The van der Waals surface area contributed by atoms with Crippen molar-refractivity contribution in [2.45, 2.75) is 150 Å². The second-order valence-electron chi connectivity index (χ2n) is 24.3. The van der Waals surface area contributed by atoms with Crippen LogP contribution in [0.1, 0.15) is 128 Å². The first-order chi connectivity index (χ1) is 41.0. The summed E-state index contributed by atoms with van der Waals surface area (Å²) in [4.78, 5) is 123. The molecule has 1 aliphatic heterocycles. The lowest BCUT2D eigenvalue weighted by molar-refractivity contribution is -0.141. The van der Waals surface area contributed by atoms with Crippen LogP contribution in [-0.2, 0) is 63.4 Å². The molecule has 0 saturated heterocycles.